The number of rotatable bonds is 2. The van der Waals surface area contributed by atoms with Crippen molar-refractivity contribution < 1.29 is 23.1 Å². The molecule has 2 saturated heterocycles. The molecule has 0 saturated carbocycles. The molecule has 19 heavy (non-hydrogen) atoms. The number of likely N-dealkylation sites (tertiary alicyclic amines) is 1. The zero-order valence-electron chi connectivity index (χ0n) is 10.8. The Morgan fingerprint density at radius 1 is 1.53 bits per heavy atom. The van der Waals surface area contributed by atoms with Crippen LogP contribution in [0.3, 0.4) is 0 Å². The van der Waals surface area contributed by atoms with Gasteiger partial charge in [-0.3, -0.25) is 4.79 Å². The predicted octanol–water partition coefficient (Wildman–Crippen LogP) is 0.758. The summed E-state index contributed by atoms with van der Waals surface area (Å²) >= 11 is 0. The van der Waals surface area contributed by atoms with E-state index in [4.69, 9.17) is 0 Å². The van der Waals surface area contributed by atoms with Gasteiger partial charge in [0.1, 0.15) is 0 Å². The van der Waals surface area contributed by atoms with E-state index in [2.05, 4.69) is 5.32 Å². The largest absolute Gasteiger partial charge is 0.404 e. The minimum Gasteiger partial charge on any atom is -0.394 e. The van der Waals surface area contributed by atoms with Gasteiger partial charge in [-0.15, -0.1) is 0 Å². The Hall–Kier alpha value is -0.820. The topological polar surface area (TPSA) is 52.6 Å². The summed E-state index contributed by atoms with van der Waals surface area (Å²) in [5.74, 6) is -0.845. The van der Waals surface area contributed by atoms with Crippen molar-refractivity contribution in [2.75, 3.05) is 26.2 Å². The van der Waals surface area contributed by atoms with Gasteiger partial charge in [0.05, 0.1) is 12.6 Å². The lowest BCUT2D eigenvalue weighted by atomic mass is 9.84. The first-order chi connectivity index (χ1) is 8.83. The third-order valence-electron chi connectivity index (χ3n) is 4.44. The van der Waals surface area contributed by atoms with Crippen molar-refractivity contribution in [1.82, 2.24) is 10.2 Å². The van der Waals surface area contributed by atoms with E-state index in [1.54, 1.807) is 0 Å². The number of amides is 1. The van der Waals surface area contributed by atoms with Gasteiger partial charge >= 0.3 is 6.18 Å². The van der Waals surface area contributed by atoms with Crippen molar-refractivity contribution in [2.24, 2.45) is 11.3 Å². The summed E-state index contributed by atoms with van der Waals surface area (Å²) in [5.41, 5.74) is -2.32. The second kappa shape index (κ2) is 4.94. The van der Waals surface area contributed by atoms with Crippen LogP contribution >= 0.6 is 0 Å². The van der Waals surface area contributed by atoms with E-state index in [1.807, 2.05) is 6.92 Å². The molecule has 0 aliphatic carbocycles. The molecule has 2 rings (SSSR count). The third-order valence-corrected chi connectivity index (χ3v) is 4.44. The SMILES string of the molecule is CC1CCN(C(=O)C2(C(F)(F)F)CCNC2)C1CO. The van der Waals surface area contributed by atoms with Gasteiger partial charge in [0.2, 0.25) is 5.91 Å². The molecule has 0 bridgehead atoms. The van der Waals surface area contributed by atoms with Crippen molar-refractivity contribution >= 4 is 5.91 Å². The number of aliphatic hydroxyl groups is 1. The first-order valence-corrected chi connectivity index (χ1v) is 6.53. The van der Waals surface area contributed by atoms with Crippen LogP contribution in [0.4, 0.5) is 13.2 Å². The van der Waals surface area contributed by atoms with Crippen molar-refractivity contribution in [1.29, 1.82) is 0 Å². The quantitative estimate of drug-likeness (QED) is 0.785. The summed E-state index contributed by atoms with van der Waals surface area (Å²) in [5, 5.41) is 11.9. The van der Waals surface area contributed by atoms with Crippen LogP contribution in [0, 0.1) is 11.3 Å². The standard InChI is InChI=1S/C12H19F3N2O2/c1-8-2-5-17(9(8)6-18)10(19)11(12(13,14)15)3-4-16-7-11/h8-9,16,18H,2-7H2,1H3. The van der Waals surface area contributed by atoms with Crippen LogP contribution in [0.15, 0.2) is 0 Å². The van der Waals surface area contributed by atoms with Crippen LogP contribution in [0.2, 0.25) is 0 Å². The number of hydrogen-bond donors (Lipinski definition) is 2. The minimum atomic E-state index is -4.56. The molecular weight excluding hydrogens is 261 g/mol. The monoisotopic (exact) mass is 280 g/mol. The van der Waals surface area contributed by atoms with Crippen LogP contribution in [0.25, 0.3) is 0 Å². The number of carbonyl (C=O) groups is 1. The van der Waals surface area contributed by atoms with Gasteiger partial charge < -0.3 is 15.3 Å². The Morgan fingerprint density at radius 2 is 2.21 bits per heavy atom. The summed E-state index contributed by atoms with van der Waals surface area (Å²) in [6.07, 6.45) is -4.14. The van der Waals surface area contributed by atoms with Crippen LogP contribution in [0.1, 0.15) is 19.8 Å². The molecule has 2 fully saturated rings. The number of nitrogens with one attached hydrogen (secondary N) is 1. The molecule has 1 amide bonds. The fraction of sp³-hybridized carbons (Fsp3) is 0.917. The molecular formula is C12H19F3N2O2. The summed E-state index contributed by atoms with van der Waals surface area (Å²) < 4.78 is 39.9. The van der Waals surface area contributed by atoms with Gasteiger partial charge in [-0.05, 0) is 25.3 Å². The highest BCUT2D eigenvalue weighted by atomic mass is 19.4. The number of carbonyl (C=O) groups excluding carboxylic acids is 1. The Bertz CT molecular complexity index is 353. The van der Waals surface area contributed by atoms with E-state index < -0.39 is 23.5 Å². The smallest absolute Gasteiger partial charge is 0.394 e. The summed E-state index contributed by atoms with van der Waals surface area (Å²) in [7, 11) is 0. The molecule has 7 heteroatoms. The Kier molecular flexibility index (Phi) is 3.79. The van der Waals surface area contributed by atoms with Gasteiger partial charge in [0.25, 0.3) is 0 Å². The number of nitrogens with zero attached hydrogens (tertiary/aromatic N) is 1. The molecule has 110 valence electrons. The van der Waals surface area contributed by atoms with E-state index in [1.165, 1.54) is 4.90 Å². The molecule has 2 heterocycles. The van der Waals surface area contributed by atoms with Gasteiger partial charge in [-0.2, -0.15) is 13.2 Å². The summed E-state index contributed by atoms with van der Waals surface area (Å²) in [4.78, 5) is 13.6. The van der Waals surface area contributed by atoms with E-state index in [0.29, 0.717) is 13.0 Å². The molecule has 2 N–H and O–H groups in total. The number of aliphatic hydroxyl groups excluding tert-OH is 1. The Morgan fingerprint density at radius 3 is 2.68 bits per heavy atom. The van der Waals surface area contributed by atoms with Crippen molar-refractivity contribution in [2.45, 2.75) is 32.0 Å². The second-order valence-corrected chi connectivity index (χ2v) is 5.52. The van der Waals surface area contributed by atoms with Gasteiger partial charge in [0.15, 0.2) is 5.41 Å². The molecule has 3 unspecified atom stereocenters. The molecule has 2 aliphatic rings. The lowest BCUT2D eigenvalue weighted by molar-refractivity contribution is -0.222. The van der Waals surface area contributed by atoms with Crippen LogP contribution in [0.5, 0.6) is 0 Å². The lowest BCUT2D eigenvalue weighted by Crippen LogP contribution is -2.55. The zero-order valence-corrected chi connectivity index (χ0v) is 10.8. The molecule has 0 radical (unpaired) electrons. The fourth-order valence-corrected chi connectivity index (χ4v) is 3.05. The van der Waals surface area contributed by atoms with Crippen LogP contribution in [-0.4, -0.2) is 54.4 Å². The molecule has 4 nitrogen and oxygen atoms in total. The highest BCUT2D eigenvalue weighted by molar-refractivity contribution is 5.85. The van der Waals surface area contributed by atoms with Gasteiger partial charge in [-0.1, -0.05) is 6.92 Å². The van der Waals surface area contributed by atoms with E-state index in [9.17, 15) is 23.1 Å². The minimum absolute atomic E-state index is 0.0357. The van der Waals surface area contributed by atoms with Gasteiger partial charge in [-0.25, -0.2) is 0 Å². The highest BCUT2D eigenvalue weighted by Gasteiger charge is 2.63. The maximum absolute atomic E-state index is 13.3. The van der Waals surface area contributed by atoms with Gasteiger partial charge in [0, 0.05) is 13.1 Å². The molecule has 2 aliphatic heterocycles. The summed E-state index contributed by atoms with van der Waals surface area (Å²) in [6.45, 7) is 1.69. The van der Waals surface area contributed by atoms with Crippen LogP contribution < -0.4 is 5.32 Å². The lowest BCUT2D eigenvalue weighted by Gasteiger charge is -2.36. The highest BCUT2D eigenvalue weighted by Crippen LogP contribution is 2.45. The van der Waals surface area contributed by atoms with E-state index >= 15 is 0 Å². The van der Waals surface area contributed by atoms with Crippen LogP contribution in [-0.2, 0) is 4.79 Å². The average molecular weight is 280 g/mol. The van der Waals surface area contributed by atoms with E-state index in [0.717, 1.165) is 0 Å². The fourth-order valence-electron chi connectivity index (χ4n) is 3.05. The predicted molar refractivity (Wildman–Crippen MR) is 62.3 cm³/mol. The number of hydrogen-bond acceptors (Lipinski definition) is 3. The second-order valence-electron chi connectivity index (χ2n) is 5.52. The maximum atomic E-state index is 13.3. The van der Waals surface area contributed by atoms with Crippen molar-refractivity contribution in [3.8, 4) is 0 Å². The first kappa shape index (κ1) is 14.6. The third kappa shape index (κ3) is 2.23. The Balaban J connectivity index is 2.26. The number of alkyl halides is 3. The average Bonchev–Trinajstić information content (AvgIpc) is 2.93. The molecule has 0 spiro atoms. The normalized spacial score (nSPS) is 35.9. The summed E-state index contributed by atoms with van der Waals surface area (Å²) in [6, 6.07) is -0.493. The number of halogens is 3. The molecule has 0 aromatic heterocycles. The zero-order chi connectivity index (χ0) is 14.3. The van der Waals surface area contributed by atoms with Crippen molar-refractivity contribution in [3.05, 3.63) is 0 Å². The van der Waals surface area contributed by atoms with Crippen molar-refractivity contribution in [3.63, 3.8) is 0 Å². The van der Waals surface area contributed by atoms with E-state index in [-0.39, 0.29) is 32.0 Å². The Labute approximate surface area is 110 Å². The molecule has 3 atom stereocenters. The molecule has 0 aromatic carbocycles. The molecule has 0 aromatic rings. The first-order valence-electron chi connectivity index (χ1n) is 6.53. The maximum Gasteiger partial charge on any atom is 0.404 e.